The maximum Gasteiger partial charge on any atom is 0.308 e. The number of ether oxygens (including phenoxy) is 1. The lowest BCUT2D eigenvalue weighted by Crippen LogP contribution is -2.24. The van der Waals surface area contributed by atoms with Crippen LogP contribution in [0.15, 0.2) is 16.6 Å². The van der Waals surface area contributed by atoms with E-state index in [2.05, 4.69) is 21.2 Å². The van der Waals surface area contributed by atoms with E-state index in [4.69, 9.17) is 27.9 Å². The molecule has 0 aromatic heterocycles. The summed E-state index contributed by atoms with van der Waals surface area (Å²) < 4.78 is 5.51. The van der Waals surface area contributed by atoms with Crippen molar-refractivity contribution in [1.29, 1.82) is 0 Å². The van der Waals surface area contributed by atoms with Crippen molar-refractivity contribution in [3.63, 3.8) is 0 Å². The van der Waals surface area contributed by atoms with Crippen molar-refractivity contribution < 1.29 is 14.6 Å². The first-order valence-electron chi connectivity index (χ1n) is 5.66. The summed E-state index contributed by atoms with van der Waals surface area (Å²) in [6.45, 7) is 2.16. The molecule has 7 heteroatoms. The summed E-state index contributed by atoms with van der Waals surface area (Å²) in [5.74, 6) is -0.440. The molecule has 106 valence electrons. The number of benzene rings is 1. The van der Waals surface area contributed by atoms with Crippen LogP contribution in [0.3, 0.4) is 0 Å². The van der Waals surface area contributed by atoms with E-state index in [1.807, 2.05) is 0 Å². The predicted molar refractivity (Wildman–Crippen MR) is 79.9 cm³/mol. The topological polar surface area (TPSA) is 58.6 Å². The predicted octanol–water partition coefficient (Wildman–Crippen LogP) is 3.48. The first kappa shape index (κ1) is 16.6. The molecule has 0 saturated heterocycles. The van der Waals surface area contributed by atoms with Gasteiger partial charge in [0.05, 0.1) is 34.9 Å². The van der Waals surface area contributed by atoms with Crippen molar-refractivity contribution in [2.24, 2.45) is 0 Å². The fourth-order valence-electron chi connectivity index (χ4n) is 1.42. The first-order valence-corrected chi connectivity index (χ1v) is 7.21. The molecule has 0 fully saturated rings. The van der Waals surface area contributed by atoms with E-state index in [1.165, 1.54) is 0 Å². The van der Waals surface area contributed by atoms with E-state index < -0.39 is 12.1 Å². The molecule has 0 bridgehead atoms. The van der Waals surface area contributed by atoms with Crippen LogP contribution >= 0.6 is 39.1 Å². The van der Waals surface area contributed by atoms with E-state index in [-0.39, 0.29) is 13.0 Å². The van der Waals surface area contributed by atoms with E-state index in [1.54, 1.807) is 19.1 Å². The lowest BCUT2D eigenvalue weighted by molar-refractivity contribution is -0.145. The molecule has 0 aliphatic heterocycles. The molecule has 1 aromatic carbocycles. The molecule has 0 aliphatic carbocycles. The van der Waals surface area contributed by atoms with Gasteiger partial charge in [-0.15, -0.1) is 0 Å². The van der Waals surface area contributed by atoms with Gasteiger partial charge in [-0.3, -0.25) is 4.79 Å². The van der Waals surface area contributed by atoms with Crippen molar-refractivity contribution in [3.8, 4) is 0 Å². The van der Waals surface area contributed by atoms with Crippen LogP contribution in [-0.2, 0) is 9.53 Å². The van der Waals surface area contributed by atoms with Gasteiger partial charge in [-0.25, -0.2) is 0 Å². The van der Waals surface area contributed by atoms with Gasteiger partial charge >= 0.3 is 5.97 Å². The molecule has 1 unspecified atom stereocenters. The number of carbonyl (C=O) groups excluding carboxylic acids is 1. The molecule has 19 heavy (non-hydrogen) atoms. The molecular weight excluding hydrogens is 357 g/mol. The van der Waals surface area contributed by atoms with Crippen LogP contribution in [0.4, 0.5) is 5.69 Å². The number of hydrogen-bond acceptors (Lipinski definition) is 4. The number of nitrogens with one attached hydrogen (secondary N) is 1. The zero-order chi connectivity index (χ0) is 14.4. The van der Waals surface area contributed by atoms with Crippen LogP contribution in [0.1, 0.15) is 13.3 Å². The minimum absolute atomic E-state index is 0.0768. The third-order valence-corrected chi connectivity index (χ3v) is 3.28. The average Bonchev–Trinajstić information content (AvgIpc) is 2.27. The van der Waals surface area contributed by atoms with Crippen LogP contribution in [0.25, 0.3) is 0 Å². The molecule has 0 aliphatic rings. The number of aliphatic hydroxyl groups is 1. The highest BCUT2D eigenvalue weighted by Gasteiger charge is 2.13. The normalized spacial score (nSPS) is 12.1. The summed E-state index contributed by atoms with van der Waals surface area (Å²) in [5.41, 5.74) is 0.523. The van der Waals surface area contributed by atoms with E-state index >= 15 is 0 Å². The summed E-state index contributed by atoms with van der Waals surface area (Å²) in [7, 11) is 0. The molecular formula is C12H14BrCl2NO3. The van der Waals surface area contributed by atoms with Gasteiger partial charge in [-0.1, -0.05) is 39.1 Å². The zero-order valence-corrected chi connectivity index (χ0v) is 13.3. The fourth-order valence-corrected chi connectivity index (χ4v) is 2.76. The highest BCUT2D eigenvalue weighted by molar-refractivity contribution is 9.10. The monoisotopic (exact) mass is 369 g/mol. The Morgan fingerprint density at radius 2 is 2.05 bits per heavy atom. The quantitative estimate of drug-likeness (QED) is 0.752. The van der Waals surface area contributed by atoms with Gasteiger partial charge in [0.15, 0.2) is 0 Å². The third kappa shape index (κ3) is 5.57. The van der Waals surface area contributed by atoms with Crippen molar-refractivity contribution in [1.82, 2.24) is 0 Å². The largest absolute Gasteiger partial charge is 0.466 e. The van der Waals surface area contributed by atoms with E-state index in [0.29, 0.717) is 22.3 Å². The standard InChI is InChI=1S/C12H14BrCl2NO3/c1-2-19-11(18)5-8(17)6-16-12-9(14)3-7(13)4-10(12)15/h3-4,8,16-17H,2,5-6H2,1H3. The van der Waals surface area contributed by atoms with Gasteiger partial charge in [0, 0.05) is 11.0 Å². The Hall–Kier alpha value is -0.490. The molecule has 0 amide bonds. The van der Waals surface area contributed by atoms with E-state index in [0.717, 1.165) is 4.47 Å². The number of esters is 1. The molecule has 1 atom stereocenters. The third-order valence-electron chi connectivity index (χ3n) is 2.23. The second kappa shape index (κ2) is 7.94. The molecule has 0 heterocycles. The van der Waals surface area contributed by atoms with E-state index in [9.17, 15) is 9.90 Å². The lowest BCUT2D eigenvalue weighted by Gasteiger charge is -2.14. The highest BCUT2D eigenvalue weighted by atomic mass is 79.9. The van der Waals surface area contributed by atoms with Gasteiger partial charge in [0.2, 0.25) is 0 Å². The van der Waals surface area contributed by atoms with Crippen LogP contribution in [0, 0.1) is 0 Å². The Labute approximate surface area is 130 Å². The molecule has 2 N–H and O–H groups in total. The van der Waals surface area contributed by atoms with Crippen LogP contribution in [0.2, 0.25) is 10.0 Å². The Morgan fingerprint density at radius 1 is 1.47 bits per heavy atom. The minimum atomic E-state index is -0.866. The van der Waals surface area contributed by atoms with Crippen molar-refractivity contribution in [2.45, 2.75) is 19.4 Å². The van der Waals surface area contributed by atoms with Gasteiger partial charge in [-0.05, 0) is 19.1 Å². The number of hydrogen-bond donors (Lipinski definition) is 2. The minimum Gasteiger partial charge on any atom is -0.466 e. The summed E-state index contributed by atoms with van der Waals surface area (Å²) in [4.78, 5) is 11.2. The summed E-state index contributed by atoms with van der Waals surface area (Å²) in [6, 6.07) is 3.38. The van der Waals surface area contributed by atoms with Gasteiger partial charge < -0.3 is 15.2 Å². The second-order valence-electron chi connectivity index (χ2n) is 3.79. The smallest absolute Gasteiger partial charge is 0.308 e. The number of carbonyl (C=O) groups is 1. The van der Waals surface area contributed by atoms with Crippen molar-refractivity contribution in [2.75, 3.05) is 18.5 Å². The van der Waals surface area contributed by atoms with Gasteiger partial charge in [0.1, 0.15) is 0 Å². The van der Waals surface area contributed by atoms with Crippen molar-refractivity contribution in [3.05, 3.63) is 26.7 Å². The summed E-state index contributed by atoms with van der Waals surface area (Å²) in [5, 5.41) is 13.5. The van der Waals surface area contributed by atoms with Gasteiger partial charge in [-0.2, -0.15) is 0 Å². The SMILES string of the molecule is CCOC(=O)CC(O)CNc1c(Cl)cc(Br)cc1Cl. The Morgan fingerprint density at radius 3 is 2.58 bits per heavy atom. The lowest BCUT2D eigenvalue weighted by atomic mass is 10.2. The number of rotatable bonds is 6. The molecule has 0 saturated carbocycles. The molecule has 1 rings (SSSR count). The highest BCUT2D eigenvalue weighted by Crippen LogP contribution is 2.33. The van der Waals surface area contributed by atoms with Crippen LogP contribution in [-0.4, -0.2) is 30.3 Å². The molecule has 0 spiro atoms. The first-order chi connectivity index (χ1) is 8.93. The Bertz CT molecular complexity index is 434. The zero-order valence-electron chi connectivity index (χ0n) is 10.3. The van der Waals surface area contributed by atoms with Crippen LogP contribution < -0.4 is 5.32 Å². The average molecular weight is 371 g/mol. The fraction of sp³-hybridized carbons (Fsp3) is 0.417. The molecule has 4 nitrogen and oxygen atoms in total. The number of aliphatic hydroxyl groups excluding tert-OH is 1. The Balaban J connectivity index is 2.55. The Kier molecular flexibility index (Phi) is 6.93. The summed E-state index contributed by atoms with van der Waals surface area (Å²) >= 11 is 15.3. The maximum absolute atomic E-state index is 11.2. The second-order valence-corrected chi connectivity index (χ2v) is 5.52. The number of halogens is 3. The number of anilines is 1. The van der Waals surface area contributed by atoms with Gasteiger partial charge in [0.25, 0.3) is 0 Å². The molecule has 1 aromatic rings. The maximum atomic E-state index is 11.2. The molecule has 0 radical (unpaired) electrons. The van der Waals surface area contributed by atoms with Crippen molar-refractivity contribution >= 4 is 50.8 Å². The van der Waals surface area contributed by atoms with Crippen LogP contribution in [0.5, 0.6) is 0 Å². The summed E-state index contributed by atoms with van der Waals surface area (Å²) in [6.07, 6.45) is -0.943.